The van der Waals surface area contributed by atoms with Crippen molar-refractivity contribution < 1.29 is 33.7 Å². The second-order valence-corrected chi connectivity index (χ2v) is 7.59. The molecule has 0 aromatic carbocycles. The number of epoxide rings is 1. The third-order valence-electron chi connectivity index (χ3n) is 5.46. The average molecular weight is 376 g/mol. The van der Waals surface area contributed by atoms with Gasteiger partial charge >= 0.3 is 11.9 Å². The highest BCUT2D eigenvalue weighted by atomic mass is 16.6. The van der Waals surface area contributed by atoms with Crippen molar-refractivity contribution in [1.29, 1.82) is 0 Å². The summed E-state index contributed by atoms with van der Waals surface area (Å²) in [5, 5.41) is 10.9. The number of esters is 2. The Morgan fingerprint density at radius 3 is 2.74 bits per heavy atom. The number of allylic oxidation sites excluding steroid dienone is 1. The Hall–Kier alpha value is -2.25. The maximum absolute atomic E-state index is 12.5. The molecule has 3 rings (SSSR count). The molecule has 0 aromatic rings. The van der Waals surface area contributed by atoms with Crippen LogP contribution in [0.15, 0.2) is 35.5 Å². The Kier molecular flexibility index (Phi) is 4.86. The van der Waals surface area contributed by atoms with Gasteiger partial charge in [-0.1, -0.05) is 12.7 Å². The van der Waals surface area contributed by atoms with Gasteiger partial charge in [-0.05, 0) is 39.3 Å². The second-order valence-electron chi connectivity index (χ2n) is 7.59. The molecule has 2 heterocycles. The van der Waals surface area contributed by atoms with Crippen molar-refractivity contribution in [2.75, 3.05) is 0 Å². The molecular formula is C20H24O7. The fraction of sp³-hybridized carbons (Fsp3) is 0.550. The molecule has 0 aromatic heterocycles. The summed E-state index contributed by atoms with van der Waals surface area (Å²) in [6.07, 6.45) is 0.0321. The number of ether oxygens (including phenoxy) is 3. The fourth-order valence-electron chi connectivity index (χ4n) is 3.63. The van der Waals surface area contributed by atoms with Crippen molar-refractivity contribution in [3.05, 3.63) is 35.5 Å². The first kappa shape index (κ1) is 19.5. The molecule has 146 valence electrons. The maximum Gasteiger partial charge on any atom is 0.334 e. The third-order valence-corrected chi connectivity index (χ3v) is 5.46. The topological polar surface area (TPSA) is 102 Å². The fourth-order valence-corrected chi connectivity index (χ4v) is 3.63. The molecule has 0 spiro atoms. The Morgan fingerprint density at radius 2 is 2.11 bits per heavy atom. The number of carbonyl (C=O) groups is 3. The number of rotatable bonds is 2. The second kappa shape index (κ2) is 6.73. The molecule has 2 fully saturated rings. The summed E-state index contributed by atoms with van der Waals surface area (Å²) in [7, 11) is 0. The van der Waals surface area contributed by atoms with Gasteiger partial charge < -0.3 is 19.3 Å². The standard InChI is InChI=1S/C20H24O7/c1-6-9(2)18(22)26-13-8-20(5,24)17-16(27-17)15(21)10(3)7-12-14(13)11(4)19(23)25-12/h6-7,12-14,16-17,24H,4,8H2,1-3,5H3/b9-6-,10-7-/t12-,13?,14+,16+,17-,20-/m1/s1. The molecule has 2 aliphatic heterocycles. The van der Waals surface area contributed by atoms with Gasteiger partial charge in [0.25, 0.3) is 0 Å². The van der Waals surface area contributed by atoms with Crippen molar-refractivity contribution in [1.82, 2.24) is 0 Å². The summed E-state index contributed by atoms with van der Waals surface area (Å²) in [5.74, 6) is -2.11. The van der Waals surface area contributed by atoms with E-state index in [1.165, 1.54) is 6.92 Å². The van der Waals surface area contributed by atoms with E-state index in [-0.39, 0.29) is 17.8 Å². The number of hydrogen-bond donors (Lipinski definition) is 1. The monoisotopic (exact) mass is 376 g/mol. The molecule has 0 radical (unpaired) electrons. The first-order valence-corrected chi connectivity index (χ1v) is 8.91. The highest BCUT2D eigenvalue weighted by Gasteiger charge is 2.58. The van der Waals surface area contributed by atoms with E-state index in [1.807, 2.05) is 0 Å². The summed E-state index contributed by atoms with van der Waals surface area (Å²) in [6.45, 7) is 10.2. The minimum atomic E-state index is -1.43. The van der Waals surface area contributed by atoms with E-state index >= 15 is 0 Å². The van der Waals surface area contributed by atoms with Crippen LogP contribution in [0.2, 0.25) is 0 Å². The van der Waals surface area contributed by atoms with Gasteiger partial charge in [-0.15, -0.1) is 0 Å². The summed E-state index contributed by atoms with van der Waals surface area (Å²) >= 11 is 0. The van der Waals surface area contributed by atoms with Crippen molar-refractivity contribution in [3.63, 3.8) is 0 Å². The number of carbonyl (C=O) groups excluding carboxylic acids is 3. The first-order chi connectivity index (χ1) is 12.6. The Bertz CT molecular complexity index is 773. The minimum absolute atomic E-state index is 0.0199. The lowest BCUT2D eigenvalue weighted by Gasteiger charge is -2.32. The largest absolute Gasteiger partial charge is 0.458 e. The molecule has 1 unspecified atom stereocenters. The summed E-state index contributed by atoms with van der Waals surface area (Å²) in [4.78, 5) is 36.9. The van der Waals surface area contributed by atoms with Crippen molar-refractivity contribution in [2.45, 2.75) is 64.1 Å². The summed E-state index contributed by atoms with van der Waals surface area (Å²) in [6, 6.07) is 0. The van der Waals surface area contributed by atoms with Crippen LogP contribution >= 0.6 is 0 Å². The lowest BCUT2D eigenvalue weighted by Crippen LogP contribution is -2.44. The van der Waals surface area contributed by atoms with Crippen LogP contribution in [0.25, 0.3) is 0 Å². The van der Waals surface area contributed by atoms with Gasteiger partial charge in [-0.2, -0.15) is 0 Å². The van der Waals surface area contributed by atoms with Gasteiger partial charge in [0.15, 0.2) is 5.78 Å². The zero-order valence-corrected chi connectivity index (χ0v) is 15.9. The summed E-state index contributed by atoms with van der Waals surface area (Å²) < 4.78 is 16.4. The molecule has 6 atom stereocenters. The van der Waals surface area contributed by atoms with Crippen molar-refractivity contribution in [3.8, 4) is 0 Å². The lowest BCUT2D eigenvalue weighted by molar-refractivity contribution is -0.151. The zero-order valence-electron chi connectivity index (χ0n) is 15.9. The average Bonchev–Trinajstić information content (AvgIpc) is 3.35. The molecule has 27 heavy (non-hydrogen) atoms. The molecule has 1 N–H and O–H groups in total. The van der Waals surface area contributed by atoms with E-state index in [1.54, 1.807) is 32.9 Å². The lowest BCUT2D eigenvalue weighted by atomic mass is 9.80. The van der Waals surface area contributed by atoms with Crippen LogP contribution in [-0.4, -0.2) is 52.8 Å². The van der Waals surface area contributed by atoms with Gasteiger partial charge in [0, 0.05) is 17.6 Å². The number of aliphatic hydroxyl groups is 1. The molecule has 2 saturated heterocycles. The molecule has 0 saturated carbocycles. The van der Waals surface area contributed by atoms with E-state index in [9.17, 15) is 19.5 Å². The molecule has 7 nitrogen and oxygen atoms in total. The maximum atomic E-state index is 12.5. The summed E-state index contributed by atoms with van der Waals surface area (Å²) in [5.41, 5.74) is -0.505. The van der Waals surface area contributed by atoms with E-state index in [4.69, 9.17) is 14.2 Å². The predicted octanol–water partition coefficient (Wildman–Crippen LogP) is 1.40. The first-order valence-electron chi connectivity index (χ1n) is 8.91. The normalized spacial score (nSPS) is 41.1. The van der Waals surface area contributed by atoms with Gasteiger partial charge in [0.2, 0.25) is 0 Å². The van der Waals surface area contributed by atoms with E-state index in [0.29, 0.717) is 11.1 Å². The van der Waals surface area contributed by atoms with Crippen LogP contribution in [0.3, 0.4) is 0 Å². The van der Waals surface area contributed by atoms with Crippen LogP contribution in [0.1, 0.15) is 34.1 Å². The van der Waals surface area contributed by atoms with E-state index in [2.05, 4.69) is 6.58 Å². The minimum Gasteiger partial charge on any atom is -0.458 e. The highest BCUT2D eigenvalue weighted by Crippen LogP contribution is 2.43. The molecule has 0 bridgehead atoms. The predicted molar refractivity (Wildman–Crippen MR) is 94.5 cm³/mol. The third kappa shape index (κ3) is 3.49. The van der Waals surface area contributed by atoms with Crippen molar-refractivity contribution >= 4 is 17.7 Å². The van der Waals surface area contributed by atoms with Gasteiger partial charge in [-0.25, -0.2) is 9.59 Å². The Balaban J connectivity index is 2.03. The highest BCUT2D eigenvalue weighted by molar-refractivity contribution is 6.01. The van der Waals surface area contributed by atoms with Crippen molar-refractivity contribution in [2.24, 2.45) is 5.92 Å². The van der Waals surface area contributed by atoms with Crippen LogP contribution < -0.4 is 0 Å². The van der Waals surface area contributed by atoms with E-state index in [0.717, 1.165) is 0 Å². The zero-order chi connectivity index (χ0) is 20.1. The number of Topliss-reactive ketones (excluding diaryl/α,β-unsaturated/α-hetero) is 1. The smallest absolute Gasteiger partial charge is 0.334 e. The Labute approximate surface area is 157 Å². The van der Waals surface area contributed by atoms with E-state index < -0.39 is 47.9 Å². The molecule has 1 aliphatic carbocycles. The molecule has 7 heteroatoms. The Morgan fingerprint density at radius 1 is 1.44 bits per heavy atom. The molecular weight excluding hydrogens is 352 g/mol. The van der Waals surface area contributed by atoms with Crippen LogP contribution in [0, 0.1) is 5.92 Å². The number of hydrogen-bond acceptors (Lipinski definition) is 7. The van der Waals surface area contributed by atoms with Crippen LogP contribution in [-0.2, 0) is 28.6 Å². The van der Waals surface area contributed by atoms with Gasteiger partial charge in [0.05, 0.1) is 11.5 Å². The molecule has 0 amide bonds. The van der Waals surface area contributed by atoms with Gasteiger partial charge in [-0.3, -0.25) is 4.79 Å². The number of fused-ring (bicyclic) bond motifs is 2. The van der Waals surface area contributed by atoms with Crippen LogP contribution in [0.4, 0.5) is 0 Å². The SMILES string of the molecule is C=C1C(=O)O[C@@H]2/C=C(/C)C(=O)[C@@H]3O[C@H]3[C@](C)(O)CC(OC(=O)/C(C)=C\C)[C@@H]12. The number of ketones is 1. The quantitative estimate of drug-likeness (QED) is 0.441. The van der Waals surface area contributed by atoms with Gasteiger partial charge in [0.1, 0.15) is 24.4 Å². The molecule has 3 aliphatic rings. The van der Waals surface area contributed by atoms with Crippen LogP contribution in [0.5, 0.6) is 0 Å².